The van der Waals surface area contributed by atoms with Gasteiger partial charge in [0, 0.05) is 18.7 Å². The van der Waals surface area contributed by atoms with Crippen LogP contribution in [0.5, 0.6) is 5.75 Å². The predicted octanol–water partition coefficient (Wildman–Crippen LogP) is 1.34. The molecule has 1 aromatic rings. The molecule has 0 aliphatic carbocycles. The van der Waals surface area contributed by atoms with Gasteiger partial charge in [-0.2, -0.15) is 0 Å². The maximum absolute atomic E-state index is 12.3. The standard InChI is InChI=1S/C13H17NO3/c1-9-7-14-8-13(2,17-9)12(16)10-3-5-11(15)6-4-10/h3-6,9,14-15H,7-8H2,1-2H3. The Hall–Kier alpha value is -1.39. The predicted molar refractivity (Wildman–Crippen MR) is 64.3 cm³/mol. The number of benzene rings is 1. The lowest BCUT2D eigenvalue weighted by Crippen LogP contribution is -2.55. The monoisotopic (exact) mass is 235 g/mol. The summed E-state index contributed by atoms with van der Waals surface area (Å²) < 4.78 is 5.75. The van der Waals surface area contributed by atoms with Gasteiger partial charge in [-0.3, -0.25) is 4.79 Å². The third kappa shape index (κ3) is 2.48. The van der Waals surface area contributed by atoms with Gasteiger partial charge >= 0.3 is 0 Å². The zero-order valence-corrected chi connectivity index (χ0v) is 10.1. The molecule has 2 N–H and O–H groups in total. The molecule has 0 saturated carbocycles. The van der Waals surface area contributed by atoms with Crippen molar-refractivity contribution in [3.05, 3.63) is 29.8 Å². The molecule has 2 unspecified atom stereocenters. The van der Waals surface area contributed by atoms with Crippen molar-refractivity contribution in [1.29, 1.82) is 0 Å². The Balaban J connectivity index is 2.21. The molecule has 2 rings (SSSR count). The molecule has 4 heteroatoms. The second-order valence-electron chi connectivity index (χ2n) is 4.67. The topological polar surface area (TPSA) is 58.6 Å². The van der Waals surface area contributed by atoms with Gasteiger partial charge in [0.15, 0.2) is 5.78 Å². The molecular weight excluding hydrogens is 218 g/mol. The maximum atomic E-state index is 12.3. The number of ketones is 1. The van der Waals surface area contributed by atoms with E-state index >= 15 is 0 Å². The van der Waals surface area contributed by atoms with Gasteiger partial charge in [-0.25, -0.2) is 0 Å². The Morgan fingerprint density at radius 2 is 2.12 bits per heavy atom. The maximum Gasteiger partial charge on any atom is 0.195 e. The average Bonchev–Trinajstić information content (AvgIpc) is 2.29. The highest BCUT2D eigenvalue weighted by molar-refractivity contribution is 6.02. The molecule has 0 spiro atoms. The Bertz CT molecular complexity index is 415. The van der Waals surface area contributed by atoms with E-state index in [4.69, 9.17) is 4.74 Å². The summed E-state index contributed by atoms with van der Waals surface area (Å²) in [5.41, 5.74) is -0.268. The van der Waals surface area contributed by atoms with Crippen molar-refractivity contribution in [2.45, 2.75) is 25.6 Å². The summed E-state index contributed by atoms with van der Waals surface area (Å²) in [6.07, 6.45) is 0.0230. The Morgan fingerprint density at radius 1 is 1.47 bits per heavy atom. The van der Waals surface area contributed by atoms with Gasteiger partial charge in [0.1, 0.15) is 11.4 Å². The molecule has 2 atom stereocenters. The SMILES string of the molecule is CC1CNCC(C)(C(=O)c2ccc(O)cc2)O1. The number of morpholine rings is 1. The van der Waals surface area contributed by atoms with Crippen molar-refractivity contribution in [3.63, 3.8) is 0 Å². The minimum absolute atomic E-state index is 0.0230. The molecule has 0 bridgehead atoms. The van der Waals surface area contributed by atoms with Gasteiger partial charge in [0.25, 0.3) is 0 Å². The molecule has 1 saturated heterocycles. The number of hydrogen-bond acceptors (Lipinski definition) is 4. The molecule has 1 fully saturated rings. The number of phenolic OH excluding ortho intramolecular Hbond substituents is 1. The van der Waals surface area contributed by atoms with Crippen molar-refractivity contribution in [3.8, 4) is 5.75 Å². The van der Waals surface area contributed by atoms with Gasteiger partial charge in [-0.15, -0.1) is 0 Å². The summed E-state index contributed by atoms with van der Waals surface area (Å²) in [7, 11) is 0. The van der Waals surface area contributed by atoms with E-state index in [9.17, 15) is 9.90 Å². The molecule has 17 heavy (non-hydrogen) atoms. The van der Waals surface area contributed by atoms with Crippen molar-refractivity contribution in [1.82, 2.24) is 5.32 Å². The minimum Gasteiger partial charge on any atom is -0.508 e. The molecule has 4 nitrogen and oxygen atoms in total. The van der Waals surface area contributed by atoms with Crippen LogP contribution in [-0.2, 0) is 4.74 Å². The van der Waals surface area contributed by atoms with Gasteiger partial charge in [0.2, 0.25) is 0 Å². The van der Waals surface area contributed by atoms with E-state index in [1.165, 1.54) is 12.1 Å². The number of Topliss-reactive ketones (excluding diaryl/α,β-unsaturated/α-hetero) is 1. The normalized spacial score (nSPS) is 28.9. The van der Waals surface area contributed by atoms with E-state index in [2.05, 4.69) is 5.32 Å². The summed E-state index contributed by atoms with van der Waals surface area (Å²) in [6, 6.07) is 6.25. The second-order valence-corrected chi connectivity index (χ2v) is 4.67. The third-order valence-corrected chi connectivity index (χ3v) is 2.97. The fourth-order valence-electron chi connectivity index (χ4n) is 2.09. The summed E-state index contributed by atoms with van der Waals surface area (Å²) in [5, 5.41) is 12.4. The number of aromatic hydroxyl groups is 1. The lowest BCUT2D eigenvalue weighted by molar-refractivity contribution is -0.0735. The van der Waals surface area contributed by atoms with E-state index < -0.39 is 5.60 Å². The van der Waals surface area contributed by atoms with E-state index in [-0.39, 0.29) is 17.6 Å². The van der Waals surface area contributed by atoms with E-state index in [0.29, 0.717) is 12.1 Å². The van der Waals surface area contributed by atoms with Crippen molar-refractivity contribution in [2.75, 3.05) is 13.1 Å². The first kappa shape index (κ1) is 12.1. The first-order valence-corrected chi connectivity index (χ1v) is 5.74. The van der Waals surface area contributed by atoms with Crippen LogP contribution in [0.25, 0.3) is 0 Å². The highest BCUT2D eigenvalue weighted by Crippen LogP contribution is 2.22. The molecule has 1 aliphatic rings. The molecule has 1 aromatic carbocycles. The van der Waals surface area contributed by atoms with Gasteiger partial charge < -0.3 is 15.2 Å². The van der Waals surface area contributed by atoms with Crippen LogP contribution in [0, 0.1) is 0 Å². The van der Waals surface area contributed by atoms with Crippen molar-refractivity contribution < 1.29 is 14.6 Å². The Labute approximate surface area is 101 Å². The van der Waals surface area contributed by atoms with Gasteiger partial charge in [-0.05, 0) is 38.1 Å². The zero-order chi connectivity index (χ0) is 12.5. The number of ether oxygens (including phenoxy) is 1. The quantitative estimate of drug-likeness (QED) is 0.759. The zero-order valence-electron chi connectivity index (χ0n) is 10.1. The van der Waals surface area contributed by atoms with Crippen LogP contribution < -0.4 is 5.32 Å². The number of carbonyl (C=O) groups excluding carboxylic acids is 1. The van der Waals surface area contributed by atoms with Gasteiger partial charge in [-0.1, -0.05) is 0 Å². The Kier molecular flexibility index (Phi) is 3.17. The first-order valence-electron chi connectivity index (χ1n) is 5.74. The number of nitrogens with one attached hydrogen (secondary N) is 1. The summed E-state index contributed by atoms with van der Waals surface area (Å²) >= 11 is 0. The second kappa shape index (κ2) is 4.47. The van der Waals surface area contributed by atoms with Crippen LogP contribution in [0.2, 0.25) is 0 Å². The molecule has 92 valence electrons. The molecule has 0 amide bonds. The van der Waals surface area contributed by atoms with Crippen LogP contribution in [0.4, 0.5) is 0 Å². The fraction of sp³-hybridized carbons (Fsp3) is 0.462. The van der Waals surface area contributed by atoms with E-state index in [1.54, 1.807) is 19.1 Å². The molecular formula is C13H17NO3. The van der Waals surface area contributed by atoms with Crippen LogP contribution in [0.15, 0.2) is 24.3 Å². The van der Waals surface area contributed by atoms with Crippen molar-refractivity contribution in [2.24, 2.45) is 0 Å². The molecule has 1 aliphatic heterocycles. The summed E-state index contributed by atoms with van der Waals surface area (Å²) in [6.45, 7) is 5.01. The molecule has 0 aromatic heterocycles. The number of rotatable bonds is 2. The van der Waals surface area contributed by atoms with E-state index in [0.717, 1.165) is 6.54 Å². The lowest BCUT2D eigenvalue weighted by Gasteiger charge is -2.36. The largest absolute Gasteiger partial charge is 0.508 e. The van der Waals surface area contributed by atoms with E-state index in [1.807, 2.05) is 6.92 Å². The van der Waals surface area contributed by atoms with Crippen molar-refractivity contribution >= 4 is 5.78 Å². The first-order chi connectivity index (χ1) is 8.01. The highest BCUT2D eigenvalue weighted by atomic mass is 16.5. The number of hydrogen-bond donors (Lipinski definition) is 2. The average molecular weight is 235 g/mol. The highest BCUT2D eigenvalue weighted by Gasteiger charge is 2.38. The van der Waals surface area contributed by atoms with Crippen LogP contribution in [0.3, 0.4) is 0 Å². The number of phenols is 1. The van der Waals surface area contributed by atoms with Crippen LogP contribution in [0.1, 0.15) is 24.2 Å². The van der Waals surface area contributed by atoms with Crippen LogP contribution in [-0.4, -0.2) is 35.7 Å². The lowest BCUT2D eigenvalue weighted by atomic mass is 9.93. The summed E-state index contributed by atoms with van der Waals surface area (Å²) in [4.78, 5) is 12.3. The smallest absolute Gasteiger partial charge is 0.195 e. The van der Waals surface area contributed by atoms with Gasteiger partial charge in [0.05, 0.1) is 6.10 Å². The summed E-state index contributed by atoms with van der Waals surface area (Å²) in [5.74, 6) is 0.0966. The third-order valence-electron chi connectivity index (χ3n) is 2.97. The minimum atomic E-state index is -0.825. The number of carbonyl (C=O) groups is 1. The molecule has 0 radical (unpaired) electrons. The molecule has 1 heterocycles. The fourth-order valence-corrected chi connectivity index (χ4v) is 2.09. The Morgan fingerprint density at radius 3 is 2.71 bits per heavy atom. The van der Waals surface area contributed by atoms with Crippen LogP contribution >= 0.6 is 0 Å².